The van der Waals surface area contributed by atoms with Crippen LogP contribution in [0.1, 0.15) is 16.7 Å². The number of rotatable bonds is 7. The highest BCUT2D eigenvalue weighted by Crippen LogP contribution is 2.36. The zero-order valence-electron chi connectivity index (χ0n) is 20.0. The molecule has 0 saturated heterocycles. The molecular weight excluding hydrogens is 462 g/mol. The molecule has 0 fully saturated rings. The molecule has 4 N–H and O–H groups in total. The Morgan fingerprint density at radius 3 is 2.78 bits per heavy atom. The second-order valence-electron chi connectivity index (χ2n) is 9.10. The van der Waals surface area contributed by atoms with Gasteiger partial charge in [-0.25, -0.2) is 0 Å². The van der Waals surface area contributed by atoms with E-state index >= 15 is 0 Å². The molecule has 0 unspecified atom stereocenters. The van der Waals surface area contributed by atoms with Crippen LogP contribution < -0.4 is 15.8 Å². The van der Waals surface area contributed by atoms with Gasteiger partial charge in [-0.2, -0.15) is 0 Å². The highest BCUT2D eigenvalue weighted by atomic mass is 16.5. The zero-order chi connectivity index (χ0) is 25.2. The first-order chi connectivity index (χ1) is 18.1. The third-order valence-corrected chi connectivity index (χ3v) is 6.47. The quantitative estimate of drug-likeness (QED) is 0.278. The molecule has 1 amide bonds. The molecule has 1 atom stereocenters. The topological polar surface area (TPSA) is 106 Å². The van der Waals surface area contributed by atoms with Crippen LogP contribution in [0.2, 0.25) is 0 Å². The minimum absolute atomic E-state index is 0.129. The molecule has 4 heterocycles. The number of nitrogens with zero attached hydrogens (tertiary/aromatic N) is 2. The average molecular weight is 488 g/mol. The number of hydrogen-bond acceptors (Lipinski definition) is 5. The van der Waals surface area contributed by atoms with Crippen molar-refractivity contribution >= 4 is 34.1 Å². The number of pyridine rings is 2. The number of aromatic nitrogens is 3. The largest absolute Gasteiger partial charge is 0.490 e. The maximum atomic E-state index is 12.6. The lowest BCUT2D eigenvalue weighted by Crippen LogP contribution is -2.30. The second-order valence-corrected chi connectivity index (χ2v) is 9.10. The number of ether oxygens (including phenoxy) is 1. The number of fused-ring (bicyclic) bond motifs is 2. The lowest BCUT2D eigenvalue weighted by atomic mass is 9.99. The number of anilines is 1. The third-order valence-electron chi connectivity index (χ3n) is 6.47. The van der Waals surface area contributed by atoms with E-state index in [2.05, 4.69) is 32.4 Å². The van der Waals surface area contributed by atoms with Crippen molar-refractivity contribution in [2.24, 2.45) is 5.73 Å². The number of benzene rings is 2. The monoisotopic (exact) mass is 487 g/mol. The fraction of sp³-hybridized carbons (Fsp3) is 0.100. The number of amides is 1. The maximum Gasteiger partial charge on any atom is 0.256 e. The molecule has 182 valence electrons. The molecule has 1 aliphatic heterocycles. The summed E-state index contributed by atoms with van der Waals surface area (Å²) in [6.45, 7) is 0.366. The van der Waals surface area contributed by atoms with E-state index in [9.17, 15) is 4.79 Å². The first-order valence-corrected chi connectivity index (χ1v) is 12.1. The summed E-state index contributed by atoms with van der Waals surface area (Å²) in [7, 11) is 0. The molecule has 0 aliphatic carbocycles. The van der Waals surface area contributed by atoms with E-state index < -0.39 is 0 Å². The van der Waals surface area contributed by atoms with E-state index in [0.717, 1.165) is 33.5 Å². The van der Waals surface area contributed by atoms with Crippen molar-refractivity contribution in [2.75, 3.05) is 11.9 Å². The summed E-state index contributed by atoms with van der Waals surface area (Å²) in [5.41, 5.74) is 13.6. The summed E-state index contributed by atoms with van der Waals surface area (Å²) in [5, 5.41) is 4.12. The lowest BCUT2D eigenvalue weighted by Gasteiger charge is -2.13. The third kappa shape index (κ3) is 4.72. The summed E-state index contributed by atoms with van der Waals surface area (Å²) in [4.78, 5) is 24.4. The lowest BCUT2D eigenvalue weighted by molar-refractivity contribution is -0.110. The van der Waals surface area contributed by atoms with Gasteiger partial charge < -0.3 is 20.8 Å². The van der Waals surface area contributed by atoms with Gasteiger partial charge in [-0.3, -0.25) is 14.8 Å². The van der Waals surface area contributed by atoms with Crippen molar-refractivity contribution in [3.8, 4) is 16.9 Å². The normalized spacial score (nSPS) is 14.5. The van der Waals surface area contributed by atoms with Crippen LogP contribution in [0.3, 0.4) is 0 Å². The van der Waals surface area contributed by atoms with E-state index in [0.29, 0.717) is 24.4 Å². The fourth-order valence-corrected chi connectivity index (χ4v) is 4.64. The molecular formula is C30H25N5O2. The number of carbonyl (C=O) groups excluding carboxylic acids is 1. The zero-order valence-corrected chi connectivity index (χ0v) is 20.0. The number of aromatic amines is 1. The summed E-state index contributed by atoms with van der Waals surface area (Å²) in [6.07, 6.45) is 11.5. The Bertz CT molecular complexity index is 1620. The molecule has 1 aliphatic rings. The smallest absolute Gasteiger partial charge is 0.256 e. The van der Waals surface area contributed by atoms with Crippen LogP contribution in [0.25, 0.3) is 33.7 Å². The van der Waals surface area contributed by atoms with Crippen molar-refractivity contribution in [1.29, 1.82) is 0 Å². The Morgan fingerprint density at radius 2 is 1.89 bits per heavy atom. The van der Waals surface area contributed by atoms with Crippen molar-refractivity contribution in [2.45, 2.75) is 12.5 Å². The summed E-state index contributed by atoms with van der Waals surface area (Å²) >= 11 is 0. The molecule has 0 bridgehead atoms. The molecule has 7 nitrogen and oxygen atoms in total. The van der Waals surface area contributed by atoms with Crippen LogP contribution in [-0.4, -0.2) is 33.5 Å². The predicted octanol–water partition coefficient (Wildman–Crippen LogP) is 5.07. The van der Waals surface area contributed by atoms with E-state index in [-0.39, 0.29) is 11.9 Å². The Kier molecular flexibility index (Phi) is 5.96. The second kappa shape index (κ2) is 9.72. The SMILES string of the molecule is N[C@H](COc1cncc(-c2ccc3c(c2)C(=Cc2cccnc2)C(=O)N3)c1)Cc1c[nH]c2ccccc12. The summed E-state index contributed by atoms with van der Waals surface area (Å²) in [6, 6.07) is 19.6. The minimum Gasteiger partial charge on any atom is -0.490 e. The molecule has 3 aromatic heterocycles. The van der Waals surface area contributed by atoms with Crippen molar-refractivity contribution in [3.63, 3.8) is 0 Å². The van der Waals surface area contributed by atoms with Crippen LogP contribution >= 0.6 is 0 Å². The van der Waals surface area contributed by atoms with E-state index in [1.807, 2.05) is 60.8 Å². The fourth-order valence-electron chi connectivity index (χ4n) is 4.64. The highest BCUT2D eigenvalue weighted by Gasteiger charge is 2.24. The van der Waals surface area contributed by atoms with Gasteiger partial charge >= 0.3 is 0 Å². The molecule has 6 rings (SSSR count). The van der Waals surface area contributed by atoms with Crippen LogP contribution in [0, 0.1) is 0 Å². The Balaban J connectivity index is 1.18. The number of para-hydroxylation sites is 1. The summed E-state index contributed by atoms with van der Waals surface area (Å²) in [5.74, 6) is 0.517. The van der Waals surface area contributed by atoms with Gasteiger partial charge in [-0.15, -0.1) is 0 Å². The molecule has 0 spiro atoms. The van der Waals surface area contributed by atoms with Gasteiger partial charge in [0, 0.05) is 64.1 Å². The standard InChI is InChI=1S/C30H25N5O2/c31-23(11-22-16-34-28-6-2-1-5-25(22)28)18-37-24-12-21(15-33-17-24)20-7-8-29-26(13-20)27(30(36)35-29)10-19-4-3-9-32-14-19/h1-10,12-17,23,34H,11,18,31H2,(H,35,36)/t23-/m0/s1. The number of carbonyl (C=O) groups is 1. The molecule has 0 saturated carbocycles. The van der Waals surface area contributed by atoms with Crippen LogP contribution in [-0.2, 0) is 11.2 Å². The van der Waals surface area contributed by atoms with Crippen molar-refractivity contribution in [3.05, 3.63) is 108 Å². The van der Waals surface area contributed by atoms with E-state index in [4.69, 9.17) is 10.5 Å². The molecule has 7 heteroatoms. The number of nitrogens with one attached hydrogen (secondary N) is 2. The van der Waals surface area contributed by atoms with Crippen LogP contribution in [0.15, 0.2) is 91.6 Å². The number of H-pyrrole nitrogens is 1. The van der Waals surface area contributed by atoms with Crippen molar-refractivity contribution < 1.29 is 9.53 Å². The van der Waals surface area contributed by atoms with Crippen molar-refractivity contribution in [1.82, 2.24) is 15.0 Å². The molecule has 5 aromatic rings. The Labute approximate surface area is 214 Å². The predicted molar refractivity (Wildman–Crippen MR) is 146 cm³/mol. The number of hydrogen-bond donors (Lipinski definition) is 3. The van der Waals surface area contributed by atoms with Crippen LogP contribution in [0.4, 0.5) is 5.69 Å². The summed E-state index contributed by atoms with van der Waals surface area (Å²) < 4.78 is 6.02. The minimum atomic E-state index is -0.167. The van der Waals surface area contributed by atoms with E-state index in [1.165, 1.54) is 10.9 Å². The Hall–Kier alpha value is -4.75. The van der Waals surface area contributed by atoms with Gasteiger partial charge in [0.05, 0.1) is 6.20 Å². The number of nitrogens with two attached hydrogens (primary N) is 1. The van der Waals surface area contributed by atoms with Gasteiger partial charge in [-0.1, -0.05) is 30.3 Å². The Morgan fingerprint density at radius 1 is 0.973 bits per heavy atom. The van der Waals surface area contributed by atoms with Gasteiger partial charge in [0.25, 0.3) is 5.91 Å². The highest BCUT2D eigenvalue weighted by molar-refractivity contribution is 6.35. The van der Waals surface area contributed by atoms with Gasteiger partial charge in [0.2, 0.25) is 0 Å². The maximum absolute atomic E-state index is 12.6. The first kappa shape index (κ1) is 22.7. The average Bonchev–Trinajstić information content (AvgIpc) is 3.48. The molecule has 0 radical (unpaired) electrons. The molecule has 2 aromatic carbocycles. The van der Waals surface area contributed by atoms with E-state index in [1.54, 1.807) is 24.8 Å². The van der Waals surface area contributed by atoms with Gasteiger partial charge in [0.1, 0.15) is 12.4 Å². The van der Waals surface area contributed by atoms with Crippen LogP contribution in [0.5, 0.6) is 5.75 Å². The van der Waals surface area contributed by atoms with Gasteiger partial charge in [-0.05, 0) is 59.5 Å². The molecule has 37 heavy (non-hydrogen) atoms. The first-order valence-electron chi connectivity index (χ1n) is 12.1. The van der Waals surface area contributed by atoms with Gasteiger partial charge in [0.15, 0.2) is 0 Å².